The van der Waals surface area contributed by atoms with Crippen LogP contribution in [0.25, 0.3) is 0 Å². The molecule has 1 aliphatic heterocycles. The van der Waals surface area contributed by atoms with E-state index >= 15 is 0 Å². The number of nitrogens with zero attached hydrogens (tertiary/aromatic N) is 1. The molecule has 0 unspecified atom stereocenters. The van der Waals surface area contributed by atoms with Crippen LogP contribution >= 0.6 is 0 Å². The number of aryl methyl sites for hydroxylation is 1. The Labute approximate surface area is 142 Å². The molecule has 132 valence electrons. The second-order valence-electron chi connectivity index (χ2n) is 5.88. The van der Waals surface area contributed by atoms with Crippen molar-refractivity contribution in [2.45, 2.75) is 32.5 Å². The molecule has 3 rings (SSSR count). The summed E-state index contributed by atoms with van der Waals surface area (Å²) in [6.45, 7) is 0.278. The lowest BCUT2D eigenvalue weighted by atomic mass is 9.99. The first-order chi connectivity index (χ1) is 11.8. The van der Waals surface area contributed by atoms with Gasteiger partial charge in [0.15, 0.2) is 5.54 Å². The topological polar surface area (TPSA) is 71.8 Å². The van der Waals surface area contributed by atoms with Crippen molar-refractivity contribution in [1.82, 2.24) is 10.2 Å². The monoisotopic (exact) mass is 350 g/mol. The summed E-state index contributed by atoms with van der Waals surface area (Å²) in [6, 6.07) is 8.62. The third kappa shape index (κ3) is 3.19. The number of halogens is 2. The summed E-state index contributed by atoms with van der Waals surface area (Å²) in [5.74, 6) is 0.435. The number of rotatable bonds is 5. The molecule has 3 amide bonds. The second-order valence-corrected chi connectivity index (χ2v) is 5.88. The number of carbonyl (C=O) groups excluding carboxylic acids is 2. The number of hydrogen-bond acceptors (Lipinski definition) is 4. The summed E-state index contributed by atoms with van der Waals surface area (Å²) in [5.41, 5.74) is -0.816. The van der Waals surface area contributed by atoms with Gasteiger partial charge < -0.3 is 14.5 Å². The number of furan rings is 1. The number of imide groups is 1. The maximum absolute atomic E-state index is 12.7. The van der Waals surface area contributed by atoms with Gasteiger partial charge in [-0.3, -0.25) is 9.69 Å². The van der Waals surface area contributed by atoms with E-state index in [-0.39, 0.29) is 12.3 Å². The normalized spacial score (nSPS) is 20.3. The van der Waals surface area contributed by atoms with Gasteiger partial charge in [-0.05, 0) is 43.7 Å². The van der Waals surface area contributed by atoms with E-state index in [1.807, 2.05) is 0 Å². The van der Waals surface area contributed by atoms with Gasteiger partial charge in [0.25, 0.3) is 5.91 Å². The van der Waals surface area contributed by atoms with Crippen LogP contribution in [0.5, 0.6) is 5.75 Å². The van der Waals surface area contributed by atoms with E-state index in [2.05, 4.69) is 10.1 Å². The fourth-order valence-corrected chi connectivity index (χ4v) is 2.71. The zero-order valence-corrected chi connectivity index (χ0v) is 13.6. The van der Waals surface area contributed by atoms with E-state index < -0.39 is 24.1 Å². The number of amides is 3. The molecular formula is C17H16F2N2O4. The molecule has 0 spiro atoms. The average molecular weight is 350 g/mol. The molecule has 1 saturated heterocycles. The fourth-order valence-electron chi connectivity index (χ4n) is 2.71. The molecule has 1 aromatic carbocycles. The molecule has 6 nitrogen and oxygen atoms in total. The van der Waals surface area contributed by atoms with Crippen molar-refractivity contribution in [2.75, 3.05) is 0 Å². The largest absolute Gasteiger partial charge is 0.463 e. The maximum atomic E-state index is 12.7. The minimum absolute atomic E-state index is 0.0380. The molecular weight excluding hydrogens is 334 g/mol. The van der Waals surface area contributed by atoms with E-state index in [0.717, 1.165) is 4.90 Å². The van der Waals surface area contributed by atoms with Gasteiger partial charge in [0.1, 0.15) is 17.3 Å². The number of ether oxygens (including phenoxy) is 1. The second kappa shape index (κ2) is 6.19. The lowest BCUT2D eigenvalue weighted by Crippen LogP contribution is -2.40. The average Bonchev–Trinajstić information content (AvgIpc) is 3.06. The molecule has 1 fully saturated rings. The Balaban J connectivity index is 1.82. The van der Waals surface area contributed by atoms with Crippen molar-refractivity contribution in [3.05, 3.63) is 53.5 Å². The van der Waals surface area contributed by atoms with Crippen LogP contribution in [0, 0.1) is 6.92 Å². The predicted octanol–water partition coefficient (Wildman–Crippen LogP) is 3.16. The van der Waals surface area contributed by atoms with E-state index in [4.69, 9.17) is 4.42 Å². The Morgan fingerprint density at radius 2 is 2.04 bits per heavy atom. The van der Waals surface area contributed by atoms with E-state index in [9.17, 15) is 18.4 Å². The zero-order chi connectivity index (χ0) is 18.2. The SMILES string of the molecule is Cc1ccc([C@@]2(C)NC(=O)N(Cc3cccc(OC(F)F)c3)C2=O)o1. The van der Waals surface area contributed by atoms with Crippen LogP contribution in [0.1, 0.15) is 24.0 Å². The highest BCUT2D eigenvalue weighted by Crippen LogP contribution is 2.31. The van der Waals surface area contributed by atoms with Gasteiger partial charge in [0.2, 0.25) is 0 Å². The van der Waals surface area contributed by atoms with Crippen LogP contribution in [-0.4, -0.2) is 23.4 Å². The predicted molar refractivity (Wildman–Crippen MR) is 83.0 cm³/mol. The van der Waals surface area contributed by atoms with Crippen molar-refractivity contribution >= 4 is 11.9 Å². The van der Waals surface area contributed by atoms with Crippen LogP contribution in [0.2, 0.25) is 0 Å². The van der Waals surface area contributed by atoms with Crippen LogP contribution in [0.15, 0.2) is 40.8 Å². The van der Waals surface area contributed by atoms with Crippen molar-refractivity contribution in [3.63, 3.8) is 0 Å². The molecule has 1 N–H and O–H groups in total. The lowest BCUT2D eigenvalue weighted by molar-refractivity contribution is -0.132. The van der Waals surface area contributed by atoms with E-state index in [1.165, 1.54) is 18.2 Å². The Bertz CT molecular complexity index is 820. The smallest absolute Gasteiger partial charge is 0.387 e. The van der Waals surface area contributed by atoms with Crippen LogP contribution in [0.3, 0.4) is 0 Å². The first-order valence-electron chi connectivity index (χ1n) is 7.54. The fraction of sp³-hybridized carbons (Fsp3) is 0.294. The minimum atomic E-state index is -2.95. The highest BCUT2D eigenvalue weighted by Gasteiger charge is 2.51. The van der Waals surface area contributed by atoms with Crippen LogP contribution in [-0.2, 0) is 16.9 Å². The zero-order valence-electron chi connectivity index (χ0n) is 13.6. The molecule has 0 aliphatic carbocycles. The van der Waals surface area contributed by atoms with Gasteiger partial charge in [0, 0.05) is 0 Å². The molecule has 25 heavy (non-hydrogen) atoms. The Kier molecular flexibility index (Phi) is 4.20. The first-order valence-corrected chi connectivity index (χ1v) is 7.54. The van der Waals surface area contributed by atoms with Gasteiger partial charge in [0.05, 0.1) is 6.54 Å². The van der Waals surface area contributed by atoms with Gasteiger partial charge in [-0.1, -0.05) is 12.1 Å². The number of benzene rings is 1. The summed E-state index contributed by atoms with van der Waals surface area (Å²) in [6.07, 6.45) is 0. The number of nitrogens with one attached hydrogen (secondary N) is 1. The van der Waals surface area contributed by atoms with Crippen LogP contribution in [0.4, 0.5) is 13.6 Å². The lowest BCUT2D eigenvalue weighted by Gasteiger charge is -2.19. The summed E-state index contributed by atoms with van der Waals surface area (Å²) in [4.78, 5) is 26.0. The highest BCUT2D eigenvalue weighted by molar-refractivity contribution is 6.06. The van der Waals surface area contributed by atoms with Gasteiger partial charge >= 0.3 is 12.6 Å². The number of urea groups is 1. The molecule has 2 heterocycles. The Hall–Kier alpha value is -2.90. The van der Waals surface area contributed by atoms with Crippen molar-refractivity contribution < 1.29 is 27.5 Å². The Morgan fingerprint density at radius 1 is 1.28 bits per heavy atom. The van der Waals surface area contributed by atoms with Gasteiger partial charge in [-0.15, -0.1) is 0 Å². The third-order valence-electron chi connectivity index (χ3n) is 3.97. The molecule has 0 saturated carbocycles. The maximum Gasteiger partial charge on any atom is 0.387 e. The standard InChI is InChI=1S/C17H16F2N2O4/c1-10-6-7-13(24-10)17(2)14(22)21(16(23)20-17)9-11-4-3-5-12(8-11)25-15(18)19/h3-8,15H,9H2,1-2H3,(H,20,23)/t17-/m1/s1. The summed E-state index contributed by atoms with van der Waals surface area (Å²) in [7, 11) is 0. The number of hydrogen-bond donors (Lipinski definition) is 1. The summed E-state index contributed by atoms with van der Waals surface area (Å²) < 4.78 is 34.4. The number of carbonyl (C=O) groups is 2. The first kappa shape index (κ1) is 16.9. The quantitative estimate of drug-likeness (QED) is 0.841. The van der Waals surface area contributed by atoms with Crippen molar-refractivity contribution in [1.29, 1.82) is 0 Å². The molecule has 0 radical (unpaired) electrons. The van der Waals surface area contributed by atoms with E-state index in [0.29, 0.717) is 17.1 Å². The third-order valence-corrected chi connectivity index (χ3v) is 3.97. The van der Waals surface area contributed by atoms with Crippen molar-refractivity contribution in [3.8, 4) is 5.75 Å². The summed E-state index contributed by atoms with van der Waals surface area (Å²) >= 11 is 0. The minimum Gasteiger partial charge on any atom is -0.463 e. The Morgan fingerprint density at radius 3 is 2.68 bits per heavy atom. The molecule has 8 heteroatoms. The molecule has 1 aliphatic rings. The van der Waals surface area contributed by atoms with Crippen LogP contribution < -0.4 is 10.1 Å². The molecule has 1 aromatic heterocycles. The van der Waals surface area contributed by atoms with Gasteiger partial charge in [-0.2, -0.15) is 8.78 Å². The molecule has 1 atom stereocenters. The molecule has 0 bridgehead atoms. The number of alkyl halides is 2. The molecule has 2 aromatic rings. The van der Waals surface area contributed by atoms with E-state index in [1.54, 1.807) is 32.0 Å². The highest BCUT2D eigenvalue weighted by atomic mass is 19.3. The van der Waals surface area contributed by atoms with Gasteiger partial charge in [-0.25, -0.2) is 4.79 Å². The summed E-state index contributed by atoms with van der Waals surface area (Å²) in [5, 5.41) is 2.62. The van der Waals surface area contributed by atoms with Crippen molar-refractivity contribution in [2.24, 2.45) is 0 Å².